The SMILES string of the molecule is COc1ccccc1[C@H]1c2sc3c(c2CCN1CC(=O)Nc1cccc(SC)c1)CCCC3. The van der Waals surface area contributed by atoms with Gasteiger partial charge in [0.1, 0.15) is 5.75 Å². The highest BCUT2D eigenvalue weighted by atomic mass is 32.2. The second-order valence-corrected chi connectivity index (χ2v) is 10.7. The van der Waals surface area contributed by atoms with Crippen molar-refractivity contribution in [1.82, 2.24) is 4.90 Å². The van der Waals surface area contributed by atoms with Gasteiger partial charge in [-0.15, -0.1) is 23.1 Å². The second-order valence-electron chi connectivity index (χ2n) is 8.70. The molecule has 1 amide bonds. The normalized spacial score (nSPS) is 17.8. The van der Waals surface area contributed by atoms with Gasteiger partial charge >= 0.3 is 0 Å². The van der Waals surface area contributed by atoms with Crippen LogP contribution in [0.2, 0.25) is 0 Å². The van der Waals surface area contributed by atoms with Crippen LogP contribution in [-0.4, -0.2) is 37.3 Å². The van der Waals surface area contributed by atoms with Gasteiger partial charge in [0, 0.05) is 32.4 Å². The van der Waals surface area contributed by atoms with Gasteiger partial charge in [-0.2, -0.15) is 0 Å². The number of aryl methyl sites for hydroxylation is 1. The lowest BCUT2D eigenvalue weighted by Gasteiger charge is -2.36. The number of methoxy groups -OCH3 is 1. The van der Waals surface area contributed by atoms with Crippen molar-refractivity contribution >= 4 is 34.7 Å². The Morgan fingerprint density at radius 1 is 1.12 bits per heavy atom. The van der Waals surface area contributed by atoms with E-state index in [2.05, 4.69) is 28.4 Å². The van der Waals surface area contributed by atoms with E-state index in [4.69, 9.17) is 4.74 Å². The lowest BCUT2D eigenvalue weighted by atomic mass is 9.88. The number of carbonyl (C=O) groups excluding carboxylic acids is 1. The second kappa shape index (κ2) is 9.92. The lowest BCUT2D eigenvalue weighted by molar-refractivity contribution is -0.117. The predicted octanol–water partition coefficient (Wildman–Crippen LogP) is 5.94. The molecule has 1 aromatic heterocycles. The first-order valence-corrected chi connectivity index (χ1v) is 13.7. The third kappa shape index (κ3) is 4.57. The molecule has 2 aromatic carbocycles. The van der Waals surface area contributed by atoms with Gasteiger partial charge in [0.25, 0.3) is 0 Å². The maximum atomic E-state index is 13.1. The summed E-state index contributed by atoms with van der Waals surface area (Å²) in [6.45, 7) is 1.23. The molecule has 1 aliphatic carbocycles. The van der Waals surface area contributed by atoms with Crippen molar-refractivity contribution in [3.63, 3.8) is 0 Å². The topological polar surface area (TPSA) is 41.6 Å². The van der Waals surface area contributed by atoms with E-state index in [0.29, 0.717) is 6.54 Å². The average Bonchev–Trinajstić information content (AvgIpc) is 3.22. The number of rotatable bonds is 6. The Hall–Kier alpha value is -2.28. The molecule has 33 heavy (non-hydrogen) atoms. The highest BCUT2D eigenvalue weighted by molar-refractivity contribution is 7.98. The number of nitrogens with zero attached hydrogens (tertiary/aromatic N) is 1. The summed E-state index contributed by atoms with van der Waals surface area (Å²) >= 11 is 3.65. The maximum Gasteiger partial charge on any atom is 0.238 e. The quantitative estimate of drug-likeness (QED) is 0.445. The van der Waals surface area contributed by atoms with Gasteiger partial charge < -0.3 is 10.1 Å². The fourth-order valence-electron chi connectivity index (χ4n) is 5.18. The Morgan fingerprint density at radius 2 is 1.97 bits per heavy atom. The van der Waals surface area contributed by atoms with Crippen LogP contribution in [0.1, 0.15) is 45.3 Å². The first kappa shape index (κ1) is 22.5. The van der Waals surface area contributed by atoms with Crippen LogP contribution in [0.4, 0.5) is 5.69 Å². The van der Waals surface area contributed by atoms with E-state index in [0.717, 1.165) is 34.9 Å². The van der Waals surface area contributed by atoms with Crippen LogP contribution in [0, 0.1) is 0 Å². The molecule has 1 aliphatic heterocycles. The van der Waals surface area contributed by atoms with Crippen molar-refractivity contribution in [1.29, 1.82) is 0 Å². The number of ether oxygens (including phenoxy) is 1. The van der Waals surface area contributed by atoms with Crippen molar-refractivity contribution in [3.05, 3.63) is 75.0 Å². The standard InChI is InChI=1S/C27H30N2O2S2/c1-31-23-12-5-3-11-22(23)26-27-21(20-10-4-6-13-24(20)33-27)14-15-29(26)17-25(30)28-18-8-7-9-19(16-18)32-2/h3,5,7-9,11-12,16,26H,4,6,10,13-15,17H2,1-2H3,(H,28,30)/t26-/m0/s1. The van der Waals surface area contributed by atoms with E-state index < -0.39 is 0 Å². The number of benzene rings is 2. The van der Waals surface area contributed by atoms with Gasteiger partial charge in [-0.3, -0.25) is 9.69 Å². The first-order chi connectivity index (χ1) is 16.2. The number of amides is 1. The summed E-state index contributed by atoms with van der Waals surface area (Å²) in [6.07, 6.45) is 8.03. The summed E-state index contributed by atoms with van der Waals surface area (Å²) in [4.78, 5) is 19.6. The van der Waals surface area contributed by atoms with Crippen LogP contribution in [0.5, 0.6) is 5.75 Å². The molecule has 6 heteroatoms. The minimum atomic E-state index is 0.0259. The van der Waals surface area contributed by atoms with Gasteiger partial charge in [-0.25, -0.2) is 0 Å². The van der Waals surface area contributed by atoms with Crippen LogP contribution in [0.15, 0.2) is 53.4 Å². The summed E-state index contributed by atoms with van der Waals surface area (Å²) in [6, 6.07) is 16.4. The zero-order valence-electron chi connectivity index (χ0n) is 19.2. The number of hydrogen-bond acceptors (Lipinski definition) is 5. The molecule has 0 saturated heterocycles. The summed E-state index contributed by atoms with van der Waals surface area (Å²) in [5.41, 5.74) is 5.13. The van der Waals surface area contributed by atoms with Crippen LogP contribution >= 0.6 is 23.1 Å². The number of thioether (sulfide) groups is 1. The van der Waals surface area contributed by atoms with E-state index in [9.17, 15) is 4.79 Å². The number of hydrogen-bond donors (Lipinski definition) is 1. The van der Waals surface area contributed by atoms with Crippen LogP contribution in [0.3, 0.4) is 0 Å². The smallest absolute Gasteiger partial charge is 0.238 e. The summed E-state index contributed by atoms with van der Waals surface area (Å²) in [7, 11) is 1.73. The van der Waals surface area contributed by atoms with Crippen LogP contribution in [-0.2, 0) is 24.1 Å². The highest BCUT2D eigenvalue weighted by Gasteiger charge is 2.36. The first-order valence-electron chi connectivity index (χ1n) is 11.6. The Balaban J connectivity index is 1.47. The van der Waals surface area contributed by atoms with Crippen LogP contribution < -0.4 is 10.1 Å². The van der Waals surface area contributed by atoms with Crippen LogP contribution in [0.25, 0.3) is 0 Å². The van der Waals surface area contributed by atoms with Crippen molar-refractivity contribution in [3.8, 4) is 5.75 Å². The Bertz CT molecular complexity index is 1160. The minimum Gasteiger partial charge on any atom is -0.496 e. The van der Waals surface area contributed by atoms with Gasteiger partial charge in [0.05, 0.1) is 19.7 Å². The van der Waals surface area contributed by atoms with Gasteiger partial charge in [0.2, 0.25) is 5.91 Å². The van der Waals surface area contributed by atoms with Crippen molar-refractivity contribution in [2.24, 2.45) is 0 Å². The largest absolute Gasteiger partial charge is 0.496 e. The Morgan fingerprint density at radius 3 is 2.82 bits per heavy atom. The Kier molecular flexibility index (Phi) is 6.76. The molecule has 0 spiro atoms. The molecule has 5 rings (SSSR count). The molecule has 0 fully saturated rings. The number of fused-ring (bicyclic) bond motifs is 3. The fourth-order valence-corrected chi connectivity index (χ4v) is 7.24. The fraction of sp³-hybridized carbons (Fsp3) is 0.370. The molecular weight excluding hydrogens is 448 g/mol. The molecule has 0 bridgehead atoms. The monoisotopic (exact) mass is 478 g/mol. The van der Waals surface area contributed by atoms with Gasteiger partial charge in [-0.1, -0.05) is 24.3 Å². The molecule has 2 aliphatic rings. The van der Waals surface area contributed by atoms with Gasteiger partial charge in [0.15, 0.2) is 0 Å². The summed E-state index contributed by atoms with van der Waals surface area (Å²) in [5, 5.41) is 3.12. The molecule has 3 aromatic rings. The third-order valence-corrected chi connectivity index (χ3v) is 8.82. The molecule has 0 saturated carbocycles. The average molecular weight is 479 g/mol. The molecule has 0 radical (unpaired) electrons. The third-order valence-electron chi connectivity index (χ3n) is 6.71. The van der Waals surface area contributed by atoms with E-state index >= 15 is 0 Å². The number of para-hydroxylation sites is 1. The van der Waals surface area contributed by atoms with E-state index in [1.54, 1.807) is 29.3 Å². The molecule has 0 unspecified atom stereocenters. The minimum absolute atomic E-state index is 0.0259. The number of carbonyl (C=O) groups is 1. The molecule has 1 atom stereocenters. The van der Waals surface area contributed by atoms with E-state index in [1.807, 2.05) is 47.9 Å². The number of anilines is 1. The molecular formula is C27H30N2O2S2. The molecule has 1 N–H and O–H groups in total. The lowest BCUT2D eigenvalue weighted by Crippen LogP contribution is -2.40. The van der Waals surface area contributed by atoms with E-state index in [-0.39, 0.29) is 11.9 Å². The zero-order chi connectivity index (χ0) is 22.8. The van der Waals surface area contributed by atoms with Crippen molar-refractivity contribution in [2.75, 3.05) is 31.8 Å². The van der Waals surface area contributed by atoms with E-state index in [1.165, 1.54) is 36.1 Å². The van der Waals surface area contributed by atoms with Crippen molar-refractivity contribution in [2.45, 2.75) is 43.0 Å². The molecule has 4 nitrogen and oxygen atoms in total. The summed E-state index contributed by atoms with van der Waals surface area (Å²) in [5.74, 6) is 0.915. The van der Waals surface area contributed by atoms with Gasteiger partial charge in [-0.05, 0) is 73.8 Å². The zero-order valence-corrected chi connectivity index (χ0v) is 20.9. The molecule has 172 valence electrons. The number of thiophene rings is 1. The number of nitrogens with one attached hydrogen (secondary N) is 1. The summed E-state index contributed by atoms with van der Waals surface area (Å²) < 4.78 is 5.77. The maximum absolute atomic E-state index is 13.1. The molecule has 2 heterocycles. The van der Waals surface area contributed by atoms with Crippen molar-refractivity contribution < 1.29 is 9.53 Å². The Labute approximate surface area is 204 Å². The predicted molar refractivity (Wildman–Crippen MR) is 138 cm³/mol. The highest BCUT2D eigenvalue weighted by Crippen LogP contribution is 2.46.